The van der Waals surface area contributed by atoms with Crippen LogP contribution in [0.25, 0.3) is 0 Å². The van der Waals surface area contributed by atoms with Gasteiger partial charge in [0, 0.05) is 33.4 Å². The van der Waals surface area contributed by atoms with Gasteiger partial charge >= 0.3 is 0 Å². The third-order valence-electron chi connectivity index (χ3n) is 2.38. The lowest BCUT2D eigenvalue weighted by molar-refractivity contribution is 0.204. The molecule has 0 atom stereocenters. The minimum atomic E-state index is 0.484. The minimum absolute atomic E-state index is 0.484. The molecule has 0 bridgehead atoms. The van der Waals surface area contributed by atoms with Gasteiger partial charge in [-0.05, 0) is 29.9 Å². The van der Waals surface area contributed by atoms with Gasteiger partial charge in [-0.25, -0.2) is 0 Å². The molecule has 0 heterocycles. The first-order chi connectivity index (χ1) is 9.13. The Balaban J connectivity index is 2.37. The quantitative estimate of drug-likeness (QED) is 0.355. The van der Waals surface area contributed by atoms with Crippen molar-refractivity contribution in [1.29, 1.82) is 0 Å². The highest BCUT2D eigenvalue weighted by Gasteiger charge is 1.94. The molecule has 0 amide bonds. The zero-order valence-corrected chi connectivity index (χ0v) is 12.3. The van der Waals surface area contributed by atoms with Gasteiger partial charge in [0.15, 0.2) is 5.11 Å². The van der Waals surface area contributed by atoms with Crippen molar-refractivity contribution < 1.29 is 4.74 Å². The molecule has 0 saturated carbocycles. The number of nitrogens with zero attached hydrogens (tertiary/aromatic N) is 2. The molecule has 0 aliphatic heterocycles. The second-order valence-electron chi connectivity index (χ2n) is 4.10. The van der Waals surface area contributed by atoms with Gasteiger partial charge in [0.2, 0.25) is 0 Å². The maximum absolute atomic E-state index is 5.04. The maximum atomic E-state index is 5.04. The van der Waals surface area contributed by atoms with Crippen molar-refractivity contribution in [2.75, 3.05) is 39.3 Å². The third kappa shape index (κ3) is 6.17. The monoisotopic (exact) mass is 280 g/mol. The van der Waals surface area contributed by atoms with E-state index >= 15 is 0 Å². The summed E-state index contributed by atoms with van der Waals surface area (Å²) in [5, 5.41) is 7.51. The van der Waals surface area contributed by atoms with Crippen molar-refractivity contribution in [2.24, 2.45) is 5.10 Å². The lowest BCUT2D eigenvalue weighted by Crippen LogP contribution is -2.34. The van der Waals surface area contributed by atoms with Gasteiger partial charge < -0.3 is 15.0 Å². The van der Waals surface area contributed by atoms with Crippen molar-refractivity contribution in [2.45, 2.75) is 0 Å². The molecule has 1 aromatic rings. The highest BCUT2D eigenvalue weighted by Crippen LogP contribution is 2.10. The molecule has 1 rings (SSSR count). The van der Waals surface area contributed by atoms with E-state index in [0.29, 0.717) is 18.3 Å². The summed E-state index contributed by atoms with van der Waals surface area (Å²) in [6.45, 7) is 1.27. The van der Waals surface area contributed by atoms with Gasteiger partial charge in [-0.1, -0.05) is 12.1 Å². The zero-order chi connectivity index (χ0) is 14.1. The normalized spacial score (nSPS) is 10.5. The summed E-state index contributed by atoms with van der Waals surface area (Å²) in [6, 6.07) is 8.08. The summed E-state index contributed by atoms with van der Waals surface area (Å²) >= 11 is 5.04. The fourth-order valence-electron chi connectivity index (χ4n) is 1.33. The average molecular weight is 280 g/mol. The molecule has 0 radical (unpaired) electrons. The molecular formula is C13H20N4OS. The first-order valence-corrected chi connectivity index (χ1v) is 6.37. The number of rotatable bonds is 6. The lowest BCUT2D eigenvalue weighted by Gasteiger charge is -2.11. The van der Waals surface area contributed by atoms with E-state index in [1.54, 1.807) is 13.3 Å². The summed E-state index contributed by atoms with van der Waals surface area (Å²) in [4.78, 5) is 2.05. The van der Waals surface area contributed by atoms with E-state index in [2.05, 4.69) is 15.8 Å². The fraction of sp³-hybridized carbons (Fsp3) is 0.385. The van der Waals surface area contributed by atoms with Crippen molar-refractivity contribution >= 4 is 29.2 Å². The van der Waals surface area contributed by atoms with Crippen molar-refractivity contribution in [3.05, 3.63) is 29.8 Å². The van der Waals surface area contributed by atoms with Crippen LogP contribution in [0.2, 0.25) is 0 Å². The number of anilines is 1. The van der Waals surface area contributed by atoms with Crippen LogP contribution in [0, 0.1) is 0 Å². The van der Waals surface area contributed by atoms with Gasteiger partial charge in [-0.2, -0.15) is 5.10 Å². The smallest absolute Gasteiger partial charge is 0.187 e. The number of hydrogen-bond donors (Lipinski definition) is 2. The largest absolute Gasteiger partial charge is 0.383 e. The molecule has 1 aromatic carbocycles. The van der Waals surface area contributed by atoms with Crippen molar-refractivity contribution in [3.8, 4) is 0 Å². The molecule has 0 aliphatic rings. The third-order valence-corrected chi connectivity index (χ3v) is 2.62. The molecule has 2 N–H and O–H groups in total. The maximum Gasteiger partial charge on any atom is 0.187 e. The number of ether oxygens (including phenoxy) is 1. The summed E-state index contributed by atoms with van der Waals surface area (Å²) in [7, 11) is 5.66. The van der Waals surface area contributed by atoms with Crippen LogP contribution in [-0.2, 0) is 4.74 Å². The number of hydrogen-bond acceptors (Lipinski definition) is 4. The highest BCUT2D eigenvalue weighted by molar-refractivity contribution is 7.80. The van der Waals surface area contributed by atoms with Crippen molar-refractivity contribution in [1.82, 2.24) is 10.7 Å². The molecule has 6 heteroatoms. The second-order valence-corrected chi connectivity index (χ2v) is 4.51. The Morgan fingerprint density at radius 3 is 2.63 bits per heavy atom. The van der Waals surface area contributed by atoms with Crippen LogP contribution in [0.15, 0.2) is 29.4 Å². The van der Waals surface area contributed by atoms with Gasteiger partial charge in [0.25, 0.3) is 0 Å². The number of methoxy groups -OCH3 is 1. The Morgan fingerprint density at radius 2 is 2.05 bits per heavy atom. The van der Waals surface area contributed by atoms with Crippen LogP contribution in [0.3, 0.4) is 0 Å². The van der Waals surface area contributed by atoms with Crippen LogP contribution in [0.1, 0.15) is 5.56 Å². The van der Waals surface area contributed by atoms with E-state index in [0.717, 1.165) is 11.3 Å². The predicted molar refractivity (Wildman–Crippen MR) is 84.0 cm³/mol. The van der Waals surface area contributed by atoms with E-state index in [1.807, 2.05) is 43.3 Å². The topological polar surface area (TPSA) is 48.9 Å². The zero-order valence-electron chi connectivity index (χ0n) is 11.5. The molecule has 19 heavy (non-hydrogen) atoms. The van der Waals surface area contributed by atoms with E-state index in [4.69, 9.17) is 17.0 Å². The molecule has 0 fully saturated rings. The Morgan fingerprint density at radius 1 is 1.37 bits per heavy atom. The van der Waals surface area contributed by atoms with E-state index < -0.39 is 0 Å². The molecule has 0 aliphatic carbocycles. The molecule has 5 nitrogen and oxygen atoms in total. The standard InChI is InChI=1S/C13H20N4OS/c1-17(2)12-6-4-11(5-7-12)10-15-16-13(19)14-8-9-18-3/h4-7,10H,8-9H2,1-3H3,(H2,14,16,19)/b15-10-. The number of thiocarbonyl (C=S) groups is 1. The SMILES string of the molecule is COCCNC(=S)N/N=C\c1ccc(N(C)C)cc1. The average Bonchev–Trinajstić information content (AvgIpc) is 2.39. The van der Waals surface area contributed by atoms with E-state index in [9.17, 15) is 0 Å². The Kier molecular flexibility index (Phi) is 6.84. The van der Waals surface area contributed by atoms with Crippen LogP contribution in [0.5, 0.6) is 0 Å². The van der Waals surface area contributed by atoms with E-state index in [-0.39, 0.29) is 0 Å². The molecular weight excluding hydrogens is 260 g/mol. The molecule has 104 valence electrons. The van der Waals surface area contributed by atoms with Crippen LogP contribution in [-0.4, -0.2) is 45.7 Å². The molecule has 0 saturated heterocycles. The Labute approximate surface area is 119 Å². The molecule has 0 spiro atoms. The van der Waals surface area contributed by atoms with Gasteiger partial charge in [-0.15, -0.1) is 0 Å². The number of hydrazone groups is 1. The Bertz CT molecular complexity index is 417. The highest BCUT2D eigenvalue weighted by atomic mass is 32.1. The first-order valence-electron chi connectivity index (χ1n) is 5.96. The van der Waals surface area contributed by atoms with Crippen molar-refractivity contribution in [3.63, 3.8) is 0 Å². The first kappa shape index (κ1) is 15.4. The number of nitrogens with one attached hydrogen (secondary N) is 2. The second kappa shape index (κ2) is 8.44. The number of benzene rings is 1. The fourth-order valence-corrected chi connectivity index (χ4v) is 1.48. The summed E-state index contributed by atoms with van der Waals surface area (Å²) in [6.07, 6.45) is 1.73. The van der Waals surface area contributed by atoms with Gasteiger partial charge in [0.05, 0.1) is 12.8 Å². The minimum Gasteiger partial charge on any atom is -0.383 e. The lowest BCUT2D eigenvalue weighted by atomic mass is 10.2. The van der Waals surface area contributed by atoms with Crippen LogP contribution in [0.4, 0.5) is 5.69 Å². The van der Waals surface area contributed by atoms with Gasteiger partial charge in [-0.3, -0.25) is 5.43 Å². The molecule has 0 unspecified atom stereocenters. The predicted octanol–water partition coefficient (Wildman–Crippen LogP) is 1.20. The summed E-state index contributed by atoms with van der Waals surface area (Å²) in [5.74, 6) is 0. The van der Waals surface area contributed by atoms with Crippen LogP contribution < -0.4 is 15.6 Å². The van der Waals surface area contributed by atoms with Crippen LogP contribution >= 0.6 is 12.2 Å². The summed E-state index contributed by atoms with van der Waals surface area (Å²) < 4.78 is 4.90. The molecule has 0 aromatic heterocycles. The van der Waals surface area contributed by atoms with E-state index in [1.165, 1.54) is 0 Å². The Hall–Kier alpha value is -1.66. The van der Waals surface area contributed by atoms with Gasteiger partial charge in [0.1, 0.15) is 0 Å². The summed E-state index contributed by atoms with van der Waals surface area (Å²) in [5.41, 5.74) is 4.92.